The normalized spacial score (nSPS) is 12.6. The molecule has 41 heavy (non-hydrogen) atoms. The molecular formula is C38H54N3+. The molecule has 0 heterocycles. The summed E-state index contributed by atoms with van der Waals surface area (Å²) in [6.07, 6.45) is 17.1. The maximum Gasteiger partial charge on any atom is 0.199 e. The molecule has 0 aromatic heterocycles. The zero-order valence-corrected chi connectivity index (χ0v) is 27.2. The minimum atomic E-state index is 1.02. The zero-order valence-electron chi connectivity index (χ0n) is 27.2. The smallest absolute Gasteiger partial charge is 0.199 e. The van der Waals surface area contributed by atoms with Crippen molar-refractivity contribution in [3.8, 4) is 0 Å². The van der Waals surface area contributed by atoms with Crippen molar-refractivity contribution in [2.75, 3.05) is 49.1 Å². The molecule has 0 aliphatic heterocycles. The van der Waals surface area contributed by atoms with Crippen molar-refractivity contribution in [3.05, 3.63) is 113 Å². The van der Waals surface area contributed by atoms with Gasteiger partial charge in [0.25, 0.3) is 0 Å². The quantitative estimate of drug-likeness (QED) is 0.203. The molecule has 0 amide bonds. The van der Waals surface area contributed by atoms with Gasteiger partial charge in [-0.2, -0.15) is 0 Å². The van der Waals surface area contributed by atoms with Crippen molar-refractivity contribution in [2.24, 2.45) is 0 Å². The van der Waals surface area contributed by atoms with E-state index in [0.717, 1.165) is 39.3 Å². The fraction of sp³-hybridized carbons (Fsp3) is 0.395. The van der Waals surface area contributed by atoms with Crippen molar-refractivity contribution >= 4 is 22.7 Å². The van der Waals surface area contributed by atoms with Crippen LogP contribution >= 0.6 is 0 Å². The Bertz CT molecular complexity index is 1230. The van der Waals surface area contributed by atoms with Crippen molar-refractivity contribution < 1.29 is 4.58 Å². The largest absolute Gasteiger partial charge is 0.372 e. The van der Waals surface area contributed by atoms with E-state index < -0.39 is 0 Å². The first-order valence-corrected chi connectivity index (χ1v) is 15.6. The molecular weight excluding hydrogens is 498 g/mol. The molecule has 0 saturated heterocycles. The van der Waals surface area contributed by atoms with E-state index in [1.54, 1.807) is 0 Å². The van der Waals surface area contributed by atoms with E-state index in [4.69, 9.17) is 0 Å². The second-order valence-corrected chi connectivity index (χ2v) is 10.0. The minimum Gasteiger partial charge on any atom is -0.372 e. The highest BCUT2D eigenvalue weighted by atomic mass is 15.1. The van der Waals surface area contributed by atoms with Gasteiger partial charge >= 0.3 is 0 Å². The van der Waals surface area contributed by atoms with Crippen molar-refractivity contribution in [1.82, 2.24) is 0 Å². The van der Waals surface area contributed by atoms with Gasteiger partial charge in [0.2, 0.25) is 0 Å². The number of aryl methyl sites for hydroxylation is 1. The Hall–Kier alpha value is -3.59. The van der Waals surface area contributed by atoms with E-state index in [9.17, 15) is 0 Å². The summed E-state index contributed by atoms with van der Waals surface area (Å²) < 4.78 is 2.40. The lowest BCUT2D eigenvalue weighted by Gasteiger charge is -2.24. The van der Waals surface area contributed by atoms with Crippen LogP contribution in [-0.4, -0.2) is 49.6 Å². The molecule has 2 aromatic rings. The molecule has 1 aliphatic rings. The van der Waals surface area contributed by atoms with Gasteiger partial charge in [0.15, 0.2) is 5.71 Å². The Labute approximate surface area is 251 Å². The summed E-state index contributed by atoms with van der Waals surface area (Å²) >= 11 is 0. The second-order valence-electron chi connectivity index (χ2n) is 10.0. The van der Waals surface area contributed by atoms with Crippen molar-refractivity contribution in [3.63, 3.8) is 0 Å². The molecule has 0 fully saturated rings. The van der Waals surface area contributed by atoms with Crippen LogP contribution < -0.4 is 9.80 Å². The summed E-state index contributed by atoms with van der Waals surface area (Å²) in [6.45, 7) is 25.7. The molecule has 3 nitrogen and oxygen atoms in total. The second kappa shape index (κ2) is 18.0. The molecule has 0 radical (unpaired) electrons. The molecule has 0 atom stereocenters. The van der Waals surface area contributed by atoms with Gasteiger partial charge in [-0.15, -0.1) is 0 Å². The number of rotatable bonds is 11. The zero-order chi connectivity index (χ0) is 30.2. The summed E-state index contributed by atoms with van der Waals surface area (Å²) in [5.74, 6) is 0. The predicted molar refractivity (Wildman–Crippen MR) is 185 cm³/mol. The molecule has 0 spiro atoms. The van der Waals surface area contributed by atoms with Crippen LogP contribution in [0.1, 0.15) is 72.1 Å². The number of nitrogens with zero attached hydrogens (tertiary/aromatic N) is 3. The Morgan fingerprint density at radius 1 is 0.659 bits per heavy atom. The van der Waals surface area contributed by atoms with Gasteiger partial charge in [0.1, 0.15) is 13.1 Å². The highest BCUT2D eigenvalue weighted by Crippen LogP contribution is 2.34. The van der Waals surface area contributed by atoms with Crippen molar-refractivity contribution in [1.29, 1.82) is 0 Å². The average Bonchev–Trinajstić information content (AvgIpc) is 3.01. The Kier molecular flexibility index (Phi) is 14.7. The minimum absolute atomic E-state index is 1.02. The number of anilines is 2. The molecule has 1 aliphatic carbocycles. The van der Waals surface area contributed by atoms with Crippen LogP contribution in [-0.2, 0) is 0 Å². The number of allylic oxidation sites excluding steroid dienone is 9. The Balaban J connectivity index is 0.000000883. The van der Waals surface area contributed by atoms with Gasteiger partial charge < -0.3 is 9.80 Å². The van der Waals surface area contributed by atoms with Crippen LogP contribution in [0.15, 0.2) is 96.6 Å². The lowest BCUT2D eigenvalue weighted by atomic mass is 9.88. The first kappa shape index (κ1) is 33.6. The lowest BCUT2D eigenvalue weighted by Crippen LogP contribution is -2.22. The van der Waals surface area contributed by atoms with Crippen LogP contribution in [0.4, 0.5) is 11.4 Å². The van der Waals surface area contributed by atoms with Gasteiger partial charge in [0.05, 0.1) is 0 Å². The van der Waals surface area contributed by atoms with E-state index >= 15 is 0 Å². The van der Waals surface area contributed by atoms with Crippen LogP contribution in [0, 0.1) is 6.92 Å². The van der Waals surface area contributed by atoms with Crippen molar-refractivity contribution in [2.45, 2.75) is 62.3 Å². The fourth-order valence-electron chi connectivity index (χ4n) is 5.27. The Morgan fingerprint density at radius 2 is 1.15 bits per heavy atom. The topological polar surface area (TPSA) is 9.49 Å². The standard InChI is InChI=1S/C32H44N3.C6H10/c1-8-33(9-2)28-18-14-26(15-19-28)32(27-16-20-29(21-17-27)34(10-3)11-4)31-23-22-30(24-25(31)7)35(12-5)13-6;1-3-5-6-4-2/h14-24H,8-13H2,1-7H3;3-6H,1-2H3/q+1;/b;5-3-,6-4-. The van der Waals surface area contributed by atoms with Crippen LogP contribution in [0.3, 0.4) is 0 Å². The maximum absolute atomic E-state index is 2.41. The number of benzene rings is 2. The molecule has 0 bridgehead atoms. The lowest BCUT2D eigenvalue weighted by molar-refractivity contribution is -0.519. The maximum atomic E-state index is 2.41. The molecule has 3 heteroatoms. The highest BCUT2D eigenvalue weighted by molar-refractivity contribution is 6.04. The first-order valence-electron chi connectivity index (χ1n) is 15.6. The van der Waals surface area contributed by atoms with E-state index in [0.29, 0.717) is 0 Å². The number of hydrogen-bond acceptors (Lipinski definition) is 2. The predicted octanol–water partition coefficient (Wildman–Crippen LogP) is 9.25. The average molecular weight is 553 g/mol. The summed E-state index contributed by atoms with van der Waals surface area (Å²) in [5.41, 5.74) is 10.3. The van der Waals surface area contributed by atoms with E-state index in [1.807, 2.05) is 38.2 Å². The molecule has 0 saturated carbocycles. The third-order valence-electron chi connectivity index (χ3n) is 7.67. The highest BCUT2D eigenvalue weighted by Gasteiger charge is 2.17. The first-order chi connectivity index (χ1) is 19.9. The summed E-state index contributed by atoms with van der Waals surface area (Å²) in [6, 6.07) is 16.1. The third kappa shape index (κ3) is 9.21. The van der Waals surface area contributed by atoms with E-state index in [1.165, 1.54) is 44.9 Å². The van der Waals surface area contributed by atoms with Gasteiger partial charge in [-0.25, -0.2) is 4.58 Å². The van der Waals surface area contributed by atoms with Gasteiger partial charge in [-0.05, 0) is 127 Å². The summed E-state index contributed by atoms with van der Waals surface area (Å²) in [4.78, 5) is 4.81. The third-order valence-corrected chi connectivity index (χ3v) is 7.67. The number of hydrogen-bond donors (Lipinski definition) is 0. The fourth-order valence-corrected chi connectivity index (χ4v) is 5.27. The van der Waals surface area contributed by atoms with E-state index in [-0.39, 0.29) is 0 Å². The van der Waals surface area contributed by atoms with E-state index in [2.05, 4.69) is 130 Å². The molecule has 2 aromatic carbocycles. The monoisotopic (exact) mass is 552 g/mol. The van der Waals surface area contributed by atoms with Crippen LogP contribution in [0.5, 0.6) is 0 Å². The molecule has 0 N–H and O–H groups in total. The Morgan fingerprint density at radius 3 is 1.59 bits per heavy atom. The molecule has 220 valence electrons. The van der Waals surface area contributed by atoms with Gasteiger partial charge in [-0.1, -0.05) is 42.5 Å². The SMILES string of the molecule is C/C=C\C=C/C.CCN(CC)c1ccc(C(=C2C=CC(=[N+](CC)CC)C=C2)c2ccc(N(CC)CC)cc2C)cc1. The van der Waals surface area contributed by atoms with Gasteiger partial charge in [0, 0.05) is 49.7 Å². The summed E-state index contributed by atoms with van der Waals surface area (Å²) in [7, 11) is 0. The molecule has 3 rings (SSSR count). The van der Waals surface area contributed by atoms with Crippen LogP contribution in [0.25, 0.3) is 5.57 Å². The van der Waals surface area contributed by atoms with Crippen LogP contribution in [0.2, 0.25) is 0 Å². The van der Waals surface area contributed by atoms with Gasteiger partial charge in [-0.3, -0.25) is 0 Å². The molecule has 0 unspecified atom stereocenters. The summed E-state index contributed by atoms with van der Waals surface area (Å²) in [5, 5.41) is 0.